The van der Waals surface area contributed by atoms with E-state index in [0.29, 0.717) is 35.8 Å². The van der Waals surface area contributed by atoms with Crippen LogP contribution in [0.3, 0.4) is 0 Å². The summed E-state index contributed by atoms with van der Waals surface area (Å²) in [5.74, 6) is 0.851. The molecule has 2 aromatic rings. The normalized spacial score (nSPS) is 10.2. The first kappa shape index (κ1) is 29.0. The number of phenols is 2. The molecule has 0 bridgehead atoms. The average molecular weight is 473 g/mol. The minimum absolute atomic E-state index is 0.0354. The third-order valence-corrected chi connectivity index (χ3v) is 5.24. The standard InChI is InChI=1S/2C14H20O3/c2*1-3-4-5-6-9-17-14-8-7-12(11(2)15)10-13(14)16/h2*7-8,10,16H,3-6,9H2,1-2H3. The third-order valence-electron chi connectivity index (χ3n) is 5.24. The lowest BCUT2D eigenvalue weighted by atomic mass is 10.1. The Balaban J connectivity index is 0.000000340. The monoisotopic (exact) mass is 472 g/mol. The summed E-state index contributed by atoms with van der Waals surface area (Å²) in [6.07, 6.45) is 9.06. The van der Waals surface area contributed by atoms with Crippen molar-refractivity contribution in [2.75, 3.05) is 13.2 Å². The molecule has 0 aliphatic carbocycles. The molecule has 0 aliphatic heterocycles. The van der Waals surface area contributed by atoms with Gasteiger partial charge in [-0.15, -0.1) is 0 Å². The first-order valence-corrected chi connectivity index (χ1v) is 12.2. The fourth-order valence-electron chi connectivity index (χ4n) is 3.14. The van der Waals surface area contributed by atoms with E-state index in [-0.39, 0.29) is 23.1 Å². The zero-order valence-electron chi connectivity index (χ0n) is 21.1. The predicted octanol–water partition coefficient (Wildman–Crippen LogP) is 7.11. The second kappa shape index (κ2) is 16.6. The van der Waals surface area contributed by atoms with Gasteiger partial charge in [0.1, 0.15) is 0 Å². The lowest BCUT2D eigenvalue weighted by Gasteiger charge is -2.08. The van der Waals surface area contributed by atoms with E-state index in [9.17, 15) is 19.8 Å². The quantitative estimate of drug-likeness (QED) is 0.225. The maximum atomic E-state index is 11.1. The van der Waals surface area contributed by atoms with Crippen LogP contribution in [0.2, 0.25) is 0 Å². The maximum Gasteiger partial charge on any atom is 0.160 e. The summed E-state index contributed by atoms with van der Waals surface area (Å²) in [5, 5.41) is 19.3. The van der Waals surface area contributed by atoms with E-state index in [1.54, 1.807) is 24.3 Å². The van der Waals surface area contributed by atoms with E-state index in [2.05, 4.69) is 13.8 Å². The highest BCUT2D eigenvalue weighted by molar-refractivity contribution is 5.95. The molecule has 0 radical (unpaired) electrons. The minimum atomic E-state index is -0.0604. The van der Waals surface area contributed by atoms with Gasteiger partial charge in [0.05, 0.1) is 13.2 Å². The summed E-state index contributed by atoms with van der Waals surface area (Å²) in [7, 11) is 0. The number of ketones is 2. The Morgan fingerprint density at radius 1 is 0.647 bits per heavy atom. The van der Waals surface area contributed by atoms with E-state index in [4.69, 9.17) is 9.47 Å². The van der Waals surface area contributed by atoms with Gasteiger partial charge in [-0.2, -0.15) is 0 Å². The molecular weight excluding hydrogens is 432 g/mol. The van der Waals surface area contributed by atoms with Crippen molar-refractivity contribution in [2.24, 2.45) is 0 Å². The highest BCUT2D eigenvalue weighted by atomic mass is 16.5. The fraction of sp³-hybridized carbons (Fsp3) is 0.500. The highest BCUT2D eigenvalue weighted by Crippen LogP contribution is 2.28. The van der Waals surface area contributed by atoms with Crippen LogP contribution in [0.25, 0.3) is 0 Å². The first-order valence-electron chi connectivity index (χ1n) is 12.2. The molecule has 0 unspecified atom stereocenters. The molecule has 2 N–H and O–H groups in total. The van der Waals surface area contributed by atoms with Crippen LogP contribution in [0.4, 0.5) is 0 Å². The molecule has 34 heavy (non-hydrogen) atoms. The van der Waals surface area contributed by atoms with E-state index in [1.807, 2.05) is 0 Å². The van der Waals surface area contributed by atoms with Crippen molar-refractivity contribution in [3.05, 3.63) is 47.5 Å². The number of aromatic hydroxyl groups is 2. The molecule has 0 atom stereocenters. The summed E-state index contributed by atoms with van der Waals surface area (Å²) in [5.41, 5.74) is 1.00. The van der Waals surface area contributed by atoms with Gasteiger partial charge in [0.15, 0.2) is 34.6 Å². The molecule has 0 aliphatic rings. The minimum Gasteiger partial charge on any atom is -0.504 e. The zero-order valence-corrected chi connectivity index (χ0v) is 21.1. The summed E-state index contributed by atoms with van der Waals surface area (Å²) >= 11 is 0. The maximum absolute atomic E-state index is 11.1. The number of unbranched alkanes of at least 4 members (excludes halogenated alkanes) is 6. The number of hydrogen-bond acceptors (Lipinski definition) is 6. The molecule has 0 fully saturated rings. The first-order chi connectivity index (χ1) is 16.3. The van der Waals surface area contributed by atoms with Gasteiger partial charge in [-0.25, -0.2) is 0 Å². The Kier molecular flexibility index (Phi) is 14.1. The predicted molar refractivity (Wildman–Crippen MR) is 135 cm³/mol. The number of hydrogen-bond donors (Lipinski definition) is 2. The van der Waals surface area contributed by atoms with Gasteiger partial charge in [-0.1, -0.05) is 52.4 Å². The molecule has 2 aromatic carbocycles. The number of benzene rings is 2. The van der Waals surface area contributed by atoms with Gasteiger partial charge in [-0.3, -0.25) is 9.59 Å². The van der Waals surface area contributed by atoms with E-state index >= 15 is 0 Å². The van der Waals surface area contributed by atoms with Gasteiger partial charge in [0.25, 0.3) is 0 Å². The number of rotatable bonds is 14. The summed E-state index contributed by atoms with van der Waals surface area (Å²) in [6.45, 7) is 8.47. The summed E-state index contributed by atoms with van der Waals surface area (Å²) in [4.78, 5) is 22.2. The summed E-state index contributed by atoms with van der Waals surface area (Å²) < 4.78 is 10.9. The van der Waals surface area contributed by atoms with Gasteiger partial charge < -0.3 is 19.7 Å². The largest absolute Gasteiger partial charge is 0.504 e. The Labute approximate surface area is 203 Å². The molecule has 0 heterocycles. The van der Waals surface area contributed by atoms with Crippen LogP contribution in [-0.2, 0) is 0 Å². The lowest BCUT2D eigenvalue weighted by Crippen LogP contribution is -1.98. The second-order valence-electron chi connectivity index (χ2n) is 8.30. The molecular formula is C28H40O6. The van der Waals surface area contributed by atoms with Crippen LogP contribution in [0.15, 0.2) is 36.4 Å². The van der Waals surface area contributed by atoms with E-state index in [0.717, 1.165) is 25.7 Å². The van der Waals surface area contributed by atoms with Crippen LogP contribution in [0.5, 0.6) is 23.0 Å². The SMILES string of the molecule is CCCCCCOc1ccc(C(C)=O)cc1O.CCCCCCOc1ccc(C(C)=O)cc1O. The van der Waals surface area contributed by atoms with Crippen molar-refractivity contribution in [1.82, 2.24) is 0 Å². The Morgan fingerprint density at radius 3 is 1.32 bits per heavy atom. The topological polar surface area (TPSA) is 93.1 Å². The number of ether oxygens (including phenoxy) is 2. The van der Waals surface area contributed by atoms with Crippen molar-refractivity contribution in [1.29, 1.82) is 0 Å². The Hall–Kier alpha value is -3.02. The van der Waals surface area contributed by atoms with Crippen molar-refractivity contribution in [3.8, 4) is 23.0 Å². The van der Waals surface area contributed by atoms with Crippen molar-refractivity contribution >= 4 is 11.6 Å². The van der Waals surface area contributed by atoms with Crippen LogP contribution in [0, 0.1) is 0 Å². The molecule has 0 amide bonds. The average Bonchev–Trinajstić information content (AvgIpc) is 2.80. The third kappa shape index (κ3) is 11.2. The Morgan fingerprint density at radius 2 is 1.03 bits per heavy atom. The molecule has 0 saturated heterocycles. The van der Waals surface area contributed by atoms with Gasteiger partial charge in [0.2, 0.25) is 0 Å². The number of phenolic OH excluding ortho intramolecular Hbond substituents is 2. The van der Waals surface area contributed by atoms with Crippen LogP contribution < -0.4 is 9.47 Å². The number of Topliss-reactive ketones (excluding diaryl/α,β-unsaturated/α-hetero) is 2. The molecule has 6 heteroatoms. The Bertz CT molecular complexity index is 817. The molecule has 6 nitrogen and oxygen atoms in total. The van der Waals surface area contributed by atoms with Crippen molar-refractivity contribution < 1.29 is 29.3 Å². The van der Waals surface area contributed by atoms with Crippen LogP contribution in [0.1, 0.15) is 99.8 Å². The van der Waals surface area contributed by atoms with Gasteiger partial charge in [-0.05, 0) is 63.1 Å². The number of carbonyl (C=O) groups is 2. The van der Waals surface area contributed by atoms with Crippen molar-refractivity contribution in [2.45, 2.75) is 79.1 Å². The van der Waals surface area contributed by atoms with E-state index < -0.39 is 0 Å². The van der Waals surface area contributed by atoms with Gasteiger partial charge >= 0.3 is 0 Å². The molecule has 2 rings (SSSR count). The van der Waals surface area contributed by atoms with Crippen LogP contribution >= 0.6 is 0 Å². The smallest absolute Gasteiger partial charge is 0.160 e. The molecule has 188 valence electrons. The fourth-order valence-corrected chi connectivity index (χ4v) is 3.14. The highest BCUT2D eigenvalue weighted by Gasteiger charge is 2.07. The molecule has 0 saturated carbocycles. The zero-order chi connectivity index (χ0) is 25.3. The second-order valence-corrected chi connectivity index (χ2v) is 8.30. The van der Waals surface area contributed by atoms with Gasteiger partial charge in [0, 0.05) is 11.1 Å². The molecule has 0 aromatic heterocycles. The van der Waals surface area contributed by atoms with Crippen molar-refractivity contribution in [3.63, 3.8) is 0 Å². The molecule has 0 spiro atoms. The number of carbonyl (C=O) groups excluding carboxylic acids is 2. The summed E-state index contributed by atoms with van der Waals surface area (Å²) in [6, 6.07) is 9.53. The van der Waals surface area contributed by atoms with E-state index in [1.165, 1.54) is 51.7 Å². The lowest BCUT2D eigenvalue weighted by molar-refractivity contribution is 0.100. The van der Waals surface area contributed by atoms with Crippen LogP contribution in [-0.4, -0.2) is 35.0 Å².